The van der Waals surface area contributed by atoms with Crippen molar-refractivity contribution >= 4 is 11.8 Å². The molecule has 86 valence electrons. The van der Waals surface area contributed by atoms with Gasteiger partial charge in [-0.25, -0.2) is 13.6 Å². The number of hydrogen-bond donors (Lipinski definition) is 1. The summed E-state index contributed by atoms with van der Waals surface area (Å²) in [6, 6.07) is 3.24. The zero-order valence-electron chi connectivity index (χ0n) is 8.75. The van der Waals surface area contributed by atoms with Gasteiger partial charge in [-0.15, -0.1) is 0 Å². The Morgan fingerprint density at radius 2 is 1.88 bits per heavy atom. The van der Waals surface area contributed by atoms with Gasteiger partial charge in [0.2, 0.25) is 0 Å². The van der Waals surface area contributed by atoms with Crippen molar-refractivity contribution < 1.29 is 23.5 Å². The van der Waals surface area contributed by atoms with Gasteiger partial charge in [-0.2, -0.15) is 0 Å². The van der Waals surface area contributed by atoms with Gasteiger partial charge in [0, 0.05) is 11.1 Å². The second-order valence-electron chi connectivity index (χ2n) is 3.77. The minimum absolute atomic E-state index is 0.458. The summed E-state index contributed by atoms with van der Waals surface area (Å²) in [7, 11) is 0. The van der Waals surface area contributed by atoms with Gasteiger partial charge in [-0.1, -0.05) is 12.1 Å². The molecule has 3 nitrogen and oxygen atoms in total. The van der Waals surface area contributed by atoms with E-state index < -0.39 is 34.4 Å². The first kappa shape index (κ1) is 12.3. The number of halogens is 2. The largest absolute Gasteiger partial charge is 0.475 e. The molecule has 1 aromatic carbocycles. The number of alkyl halides is 1. The van der Waals surface area contributed by atoms with Gasteiger partial charge in [0.25, 0.3) is 5.78 Å². The van der Waals surface area contributed by atoms with Crippen molar-refractivity contribution in [1.82, 2.24) is 0 Å². The van der Waals surface area contributed by atoms with E-state index in [1.807, 2.05) is 0 Å². The van der Waals surface area contributed by atoms with Crippen LogP contribution in [0.2, 0.25) is 0 Å². The lowest BCUT2D eigenvalue weighted by Gasteiger charge is -2.18. The van der Waals surface area contributed by atoms with Gasteiger partial charge < -0.3 is 5.11 Å². The average Bonchev–Trinajstić information content (AvgIpc) is 2.14. The van der Waals surface area contributed by atoms with Gasteiger partial charge in [0.15, 0.2) is 0 Å². The van der Waals surface area contributed by atoms with Crippen LogP contribution in [0.5, 0.6) is 0 Å². The Morgan fingerprint density at radius 1 is 1.31 bits per heavy atom. The number of rotatable bonds is 3. The van der Waals surface area contributed by atoms with E-state index >= 15 is 0 Å². The molecule has 0 spiro atoms. The summed E-state index contributed by atoms with van der Waals surface area (Å²) in [6.45, 7) is 2.12. The Balaban J connectivity index is 3.46. The number of carboxylic acids is 1. The summed E-state index contributed by atoms with van der Waals surface area (Å²) < 4.78 is 27.1. The molecule has 5 heteroatoms. The molecule has 1 N–H and O–H groups in total. The highest BCUT2D eigenvalue weighted by atomic mass is 19.1. The third-order valence-electron chi connectivity index (χ3n) is 2.05. The first-order valence-corrected chi connectivity index (χ1v) is 4.50. The highest BCUT2D eigenvalue weighted by Gasteiger charge is 2.31. The minimum Gasteiger partial charge on any atom is -0.475 e. The molecule has 0 aliphatic rings. The summed E-state index contributed by atoms with van der Waals surface area (Å²) in [6.07, 6.45) is 0. The van der Waals surface area contributed by atoms with Crippen molar-refractivity contribution in [2.24, 2.45) is 0 Å². The van der Waals surface area contributed by atoms with E-state index in [1.165, 1.54) is 6.07 Å². The zero-order chi connectivity index (χ0) is 12.5. The van der Waals surface area contributed by atoms with Gasteiger partial charge in [-0.3, -0.25) is 4.79 Å². The Labute approximate surface area is 90.7 Å². The van der Waals surface area contributed by atoms with E-state index in [2.05, 4.69) is 0 Å². The molecule has 0 amide bonds. The number of carboxylic acid groups (broad SMARTS) is 1. The van der Waals surface area contributed by atoms with Crippen molar-refractivity contribution in [3.05, 3.63) is 35.1 Å². The van der Waals surface area contributed by atoms with Gasteiger partial charge in [0.05, 0.1) is 0 Å². The molecule has 0 saturated carbocycles. The molecule has 0 radical (unpaired) electrons. The van der Waals surface area contributed by atoms with Crippen LogP contribution in [0, 0.1) is 5.82 Å². The number of benzene rings is 1. The molecular formula is C11H10F2O3. The number of hydrogen-bond acceptors (Lipinski definition) is 2. The maximum absolute atomic E-state index is 13.7. The van der Waals surface area contributed by atoms with E-state index in [1.54, 1.807) is 0 Å². The molecule has 0 saturated heterocycles. The van der Waals surface area contributed by atoms with Crippen LogP contribution in [0.3, 0.4) is 0 Å². The molecular weight excluding hydrogens is 218 g/mol. The minimum atomic E-state index is -2.12. The number of ketones is 1. The lowest BCUT2D eigenvalue weighted by atomic mass is 9.92. The van der Waals surface area contributed by atoms with Gasteiger partial charge in [-0.05, 0) is 19.9 Å². The van der Waals surface area contributed by atoms with Gasteiger partial charge in [0.1, 0.15) is 11.5 Å². The van der Waals surface area contributed by atoms with E-state index in [-0.39, 0.29) is 0 Å². The number of Topliss-reactive ketones (excluding diaryl/α,β-unsaturated/α-hetero) is 1. The molecule has 0 unspecified atom stereocenters. The Bertz CT molecular complexity index is 447. The van der Waals surface area contributed by atoms with Crippen LogP contribution in [-0.2, 0) is 10.5 Å². The smallest absolute Gasteiger partial charge is 0.377 e. The summed E-state index contributed by atoms with van der Waals surface area (Å²) >= 11 is 0. The van der Waals surface area contributed by atoms with Crippen LogP contribution in [0.15, 0.2) is 18.2 Å². The van der Waals surface area contributed by atoms with E-state index in [9.17, 15) is 18.4 Å². The normalized spacial score (nSPS) is 11.2. The molecule has 0 heterocycles. The second-order valence-corrected chi connectivity index (χ2v) is 3.77. The zero-order valence-corrected chi connectivity index (χ0v) is 8.75. The van der Waals surface area contributed by atoms with E-state index in [0.29, 0.717) is 0 Å². The van der Waals surface area contributed by atoms with Crippen LogP contribution in [-0.4, -0.2) is 16.9 Å². The average molecular weight is 228 g/mol. The Morgan fingerprint density at radius 3 is 2.31 bits per heavy atom. The topological polar surface area (TPSA) is 54.4 Å². The molecule has 0 bridgehead atoms. The van der Waals surface area contributed by atoms with Crippen LogP contribution in [0.1, 0.15) is 29.8 Å². The Kier molecular flexibility index (Phi) is 3.07. The predicted molar refractivity (Wildman–Crippen MR) is 52.5 cm³/mol. The molecule has 1 rings (SSSR count). The maximum Gasteiger partial charge on any atom is 0.377 e. The van der Waals surface area contributed by atoms with Crippen molar-refractivity contribution in [3.8, 4) is 0 Å². The fourth-order valence-corrected chi connectivity index (χ4v) is 1.43. The summed E-state index contributed by atoms with van der Waals surface area (Å²) in [5.41, 5.74) is -3.10. The fourth-order valence-electron chi connectivity index (χ4n) is 1.43. The van der Waals surface area contributed by atoms with E-state index in [4.69, 9.17) is 5.11 Å². The molecule has 0 fully saturated rings. The highest BCUT2D eigenvalue weighted by molar-refractivity contribution is 6.40. The molecule has 0 aromatic heterocycles. The van der Waals surface area contributed by atoms with Crippen molar-refractivity contribution in [3.63, 3.8) is 0 Å². The number of aliphatic carboxylic acids is 1. The van der Waals surface area contributed by atoms with Crippen LogP contribution >= 0.6 is 0 Å². The van der Waals surface area contributed by atoms with Gasteiger partial charge >= 0.3 is 5.97 Å². The second kappa shape index (κ2) is 4.00. The van der Waals surface area contributed by atoms with Crippen LogP contribution < -0.4 is 0 Å². The SMILES string of the molecule is CC(C)(F)c1c(F)cccc1C(=O)C(=O)O. The lowest BCUT2D eigenvalue weighted by Crippen LogP contribution is -2.22. The highest BCUT2D eigenvalue weighted by Crippen LogP contribution is 2.30. The maximum atomic E-state index is 13.7. The standard InChI is InChI=1S/C11H10F2O3/c1-11(2,13)8-6(9(14)10(15)16)4-3-5-7(8)12/h3-5H,1-2H3,(H,15,16). The van der Waals surface area contributed by atoms with E-state index in [0.717, 1.165) is 26.0 Å². The van der Waals surface area contributed by atoms with Crippen molar-refractivity contribution in [1.29, 1.82) is 0 Å². The molecule has 1 aromatic rings. The van der Waals surface area contributed by atoms with Crippen molar-refractivity contribution in [2.75, 3.05) is 0 Å². The quantitative estimate of drug-likeness (QED) is 0.638. The number of carbonyl (C=O) groups excluding carboxylic acids is 1. The predicted octanol–water partition coefficient (Wildman–Crippen LogP) is 2.30. The third-order valence-corrected chi connectivity index (χ3v) is 2.05. The van der Waals surface area contributed by atoms with Crippen LogP contribution in [0.4, 0.5) is 8.78 Å². The first-order valence-electron chi connectivity index (χ1n) is 4.50. The molecule has 0 aliphatic carbocycles. The third kappa shape index (κ3) is 2.24. The summed E-state index contributed by atoms with van der Waals surface area (Å²) in [5, 5.41) is 8.52. The van der Waals surface area contributed by atoms with Crippen molar-refractivity contribution in [2.45, 2.75) is 19.5 Å². The lowest BCUT2D eigenvalue weighted by molar-refractivity contribution is -0.131. The monoisotopic (exact) mass is 228 g/mol. The number of carbonyl (C=O) groups is 2. The molecule has 0 aliphatic heterocycles. The molecule has 16 heavy (non-hydrogen) atoms. The summed E-state index contributed by atoms with van der Waals surface area (Å²) in [5.74, 6) is -3.99. The fraction of sp³-hybridized carbons (Fsp3) is 0.273. The Hall–Kier alpha value is -1.78. The summed E-state index contributed by atoms with van der Waals surface area (Å²) in [4.78, 5) is 21.7. The first-order chi connectivity index (χ1) is 7.25. The molecule has 0 atom stereocenters. The van der Waals surface area contributed by atoms with Crippen LogP contribution in [0.25, 0.3) is 0 Å².